The first kappa shape index (κ1) is 29.1. The average Bonchev–Trinajstić information content (AvgIpc) is 3.35. The van der Waals surface area contributed by atoms with E-state index in [4.69, 9.17) is 9.47 Å². The summed E-state index contributed by atoms with van der Waals surface area (Å²) >= 11 is 0. The Kier molecular flexibility index (Phi) is 8.80. The predicted molar refractivity (Wildman–Crippen MR) is 159 cm³/mol. The maximum Gasteiger partial charge on any atom is 0.250 e. The molecule has 9 nitrogen and oxygen atoms in total. The second kappa shape index (κ2) is 13.0. The smallest absolute Gasteiger partial charge is 0.250 e. The Morgan fingerprint density at radius 1 is 0.884 bits per heavy atom. The third kappa shape index (κ3) is 6.89. The molecule has 0 atom stereocenters. The van der Waals surface area contributed by atoms with Crippen LogP contribution in [0.1, 0.15) is 12.0 Å². The number of anilines is 1. The molecule has 1 amide bonds. The number of aromatic nitrogens is 3. The summed E-state index contributed by atoms with van der Waals surface area (Å²) in [5.74, 6) is 0.984. The van der Waals surface area contributed by atoms with E-state index in [0.717, 1.165) is 5.56 Å². The standard InChI is InChI=1S/C32H28F2N6O3/c1-40-31(30(20-4-7-23(33)8-5-20)37-32(40)39-38-25-11-9-24(34)10-12-25)22-16-17-35-28(19-22)36-29(41)15-6-21-18-26(42-2)13-14-27(21)43-3/h4-5,7-14,16-19H,6,15H2,1-3H3,(H,35,36,41). The van der Waals surface area contributed by atoms with E-state index >= 15 is 0 Å². The molecule has 0 spiro atoms. The quantitative estimate of drug-likeness (QED) is 0.173. The van der Waals surface area contributed by atoms with Gasteiger partial charge in [-0.2, -0.15) is 0 Å². The topological polar surface area (TPSA) is 103 Å². The van der Waals surface area contributed by atoms with Crippen LogP contribution in [0.3, 0.4) is 0 Å². The summed E-state index contributed by atoms with van der Waals surface area (Å²) in [6.07, 6.45) is 2.21. The van der Waals surface area contributed by atoms with Crippen molar-refractivity contribution in [1.29, 1.82) is 0 Å². The fourth-order valence-corrected chi connectivity index (χ4v) is 4.50. The van der Waals surface area contributed by atoms with Crippen LogP contribution in [0.15, 0.2) is 95.3 Å². The molecule has 0 radical (unpaired) electrons. The molecule has 43 heavy (non-hydrogen) atoms. The van der Waals surface area contributed by atoms with Gasteiger partial charge < -0.3 is 19.4 Å². The van der Waals surface area contributed by atoms with Gasteiger partial charge in [-0.15, -0.1) is 10.2 Å². The van der Waals surface area contributed by atoms with Gasteiger partial charge in [0.15, 0.2) is 0 Å². The molecule has 0 aliphatic carbocycles. The molecule has 11 heteroatoms. The molecular weight excluding hydrogens is 554 g/mol. The number of aryl methyl sites for hydroxylation is 1. The van der Waals surface area contributed by atoms with E-state index in [2.05, 4.69) is 25.5 Å². The lowest BCUT2D eigenvalue weighted by Gasteiger charge is -2.11. The van der Waals surface area contributed by atoms with Crippen LogP contribution in [0.2, 0.25) is 0 Å². The molecule has 0 unspecified atom stereocenters. The fourth-order valence-electron chi connectivity index (χ4n) is 4.50. The number of methoxy groups -OCH3 is 2. The average molecular weight is 583 g/mol. The largest absolute Gasteiger partial charge is 0.497 e. The van der Waals surface area contributed by atoms with Crippen LogP contribution in [0.5, 0.6) is 11.5 Å². The van der Waals surface area contributed by atoms with Crippen LogP contribution in [-0.4, -0.2) is 34.7 Å². The second-order valence-corrected chi connectivity index (χ2v) is 9.51. The summed E-state index contributed by atoms with van der Waals surface area (Å²) in [5.41, 5.74) is 3.83. The van der Waals surface area contributed by atoms with Crippen LogP contribution in [-0.2, 0) is 18.3 Å². The number of rotatable bonds is 10. The zero-order chi connectivity index (χ0) is 30.3. The number of hydrogen-bond acceptors (Lipinski definition) is 7. The highest BCUT2D eigenvalue weighted by Crippen LogP contribution is 2.36. The molecule has 0 fully saturated rings. The first-order chi connectivity index (χ1) is 20.8. The Labute approximate surface area is 246 Å². The number of amides is 1. The number of imidazole rings is 1. The summed E-state index contributed by atoms with van der Waals surface area (Å²) in [7, 11) is 4.93. The number of carbonyl (C=O) groups excluding carboxylic acids is 1. The predicted octanol–water partition coefficient (Wildman–Crippen LogP) is 7.43. The van der Waals surface area contributed by atoms with Crippen molar-refractivity contribution in [2.75, 3.05) is 19.5 Å². The Morgan fingerprint density at radius 3 is 2.30 bits per heavy atom. The van der Waals surface area contributed by atoms with E-state index in [1.807, 2.05) is 6.07 Å². The fraction of sp³-hybridized carbons (Fsp3) is 0.156. The summed E-state index contributed by atoms with van der Waals surface area (Å²) in [6.45, 7) is 0. The van der Waals surface area contributed by atoms with Crippen molar-refractivity contribution in [2.45, 2.75) is 12.8 Å². The van der Waals surface area contributed by atoms with Crippen LogP contribution < -0.4 is 14.8 Å². The number of carbonyl (C=O) groups is 1. The monoisotopic (exact) mass is 582 g/mol. The molecule has 0 aliphatic heterocycles. The minimum atomic E-state index is -0.377. The Morgan fingerprint density at radius 2 is 1.60 bits per heavy atom. The van der Waals surface area contributed by atoms with Crippen LogP contribution in [0, 0.1) is 11.6 Å². The highest BCUT2D eigenvalue weighted by molar-refractivity contribution is 5.91. The van der Waals surface area contributed by atoms with Crippen LogP contribution >= 0.6 is 0 Å². The number of benzene rings is 3. The Hall–Kier alpha value is -5.45. The van der Waals surface area contributed by atoms with Crippen molar-refractivity contribution in [3.8, 4) is 34.0 Å². The normalized spacial score (nSPS) is 11.1. The van der Waals surface area contributed by atoms with Gasteiger partial charge in [0.1, 0.15) is 29.0 Å². The van der Waals surface area contributed by atoms with Gasteiger partial charge in [-0.25, -0.2) is 18.7 Å². The first-order valence-electron chi connectivity index (χ1n) is 13.3. The number of ether oxygens (including phenoxy) is 2. The van der Waals surface area contributed by atoms with Gasteiger partial charge >= 0.3 is 0 Å². The van der Waals surface area contributed by atoms with E-state index in [1.165, 1.54) is 36.4 Å². The van der Waals surface area contributed by atoms with E-state index in [-0.39, 0.29) is 29.9 Å². The Bertz CT molecular complexity index is 1770. The third-order valence-electron chi connectivity index (χ3n) is 6.68. The maximum atomic E-state index is 13.7. The van der Waals surface area contributed by atoms with Gasteiger partial charge in [0.05, 0.1) is 31.3 Å². The third-order valence-corrected chi connectivity index (χ3v) is 6.68. The van der Waals surface area contributed by atoms with E-state index in [0.29, 0.717) is 51.9 Å². The van der Waals surface area contributed by atoms with E-state index in [1.54, 1.807) is 68.4 Å². The van der Waals surface area contributed by atoms with Crippen molar-refractivity contribution in [3.63, 3.8) is 0 Å². The highest BCUT2D eigenvalue weighted by Gasteiger charge is 2.19. The molecule has 5 rings (SSSR count). The van der Waals surface area contributed by atoms with Crippen LogP contribution in [0.4, 0.5) is 26.2 Å². The minimum absolute atomic E-state index is 0.190. The Balaban J connectivity index is 1.42. The molecule has 0 saturated heterocycles. The molecule has 0 saturated carbocycles. The lowest BCUT2D eigenvalue weighted by molar-refractivity contribution is -0.116. The van der Waals surface area contributed by atoms with E-state index < -0.39 is 0 Å². The van der Waals surface area contributed by atoms with Gasteiger partial charge in [-0.3, -0.25) is 4.79 Å². The second-order valence-electron chi connectivity index (χ2n) is 9.51. The first-order valence-corrected chi connectivity index (χ1v) is 13.3. The van der Waals surface area contributed by atoms with E-state index in [9.17, 15) is 13.6 Å². The molecular formula is C32H28F2N6O3. The SMILES string of the molecule is COc1ccc(OC)c(CCC(=O)Nc2cc(-c3c(-c4ccc(F)cc4)nc(N=Nc4ccc(F)cc4)n3C)ccn2)c1. The molecule has 1 N–H and O–H groups in total. The number of hydrogen-bond donors (Lipinski definition) is 1. The summed E-state index contributed by atoms with van der Waals surface area (Å²) in [5, 5.41) is 11.3. The van der Waals surface area contributed by atoms with Crippen LogP contribution in [0.25, 0.3) is 22.5 Å². The van der Waals surface area contributed by atoms with Gasteiger partial charge in [-0.1, -0.05) is 0 Å². The zero-order valence-corrected chi connectivity index (χ0v) is 23.7. The highest BCUT2D eigenvalue weighted by atomic mass is 19.1. The summed E-state index contributed by atoms with van der Waals surface area (Å²) in [4.78, 5) is 21.9. The summed E-state index contributed by atoms with van der Waals surface area (Å²) in [6, 6.07) is 20.5. The molecule has 0 bridgehead atoms. The van der Waals surface area contributed by atoms with Gasteiger partial charge in [-0.05, 0) is 90.8 Å². The lowest BCUT2D eigenvalue weighted by atomic mass is 10.1. The van der Waals surface area contributed by atoms with Crippen molar-refractivity contribution in [1.82, 2.24) is 14.5 Å². The number of nitrogens with zero attached hydrogens (tertiary/aromatic N) is 5. The molecule has 0 aliphatic rings. The molecule has 2 heterocycles. The maximum absolute atomic E-state index is 13.7. The van der Waals surface area contributed by atoms with Gasteiger partial charge in [0, 0.05) is 30.8 Å². The molecule has 3 aromatic carbocycles. The zero-order valence-electron chi connectivity index (χ0n) is 23.7. The van der Waals surface area contributed by atoms with Crippen molar-refractivity contribution in [2.24, 2.45) is 17.3 Å². The minimum Gasteiger partial charge on any atom is -0.497 e. The molecule has 5 aromatic rings. The summed E-state index contributed by atoms with van der Waals surface area (Å²) < 4.78 is 39.5. The molecule has 218 valence electrons. The van der Waals surface area contributed by atoms with Crippen molar-refractivity contribution in [3.05, 3.63) is 102 Å². The van der Waals surface area contributed by atoms with Gasteiger partial charge in [0.2, 0.25) is 11.9 Å². The molecule has 2 aromatic heterocycles. The number of pyridine rings is 1. The van der Waals surface area contributed by atoms with Crippen molar-refractivity contribution >= 4 is 23.4 Å². The number of nitrogens with one attached hydrogen (secondary N) is 1. The number of azo groups is 1. The number of halogens is 2. The van der Waals surface area contributed by atoms with Crippen molar-refractivity contribution < 1.29 is 23.0 Å². The van der Waals surface area contributed by atoms with Gasteiger partial charge in [0.25, 0.3) is 0 Å². The lowest BCUT2D eigenvalue weighted by Crippen LogP contribution is -2.13.